The lowest BCUT2D eigenvalue weighted by molar-refractivity contribution is -0.131. The van der Waals surface area contributed by atoms with Crippen LogP contribution in [0.15, 0.2) is 79.8 Å². The number of pyridine rings is 2. The van der Waals surface area contributed by atoms with Crippen molar-refractivity contribution in [2.24, 2.45) is 0 Å². The molecule has 7 rings (SSSR count). The molecule has 5 heterocycles. The van der Waals surface area contributed by atoms with Crippen LogP contribution in [0.1, 0.15) is 36.4 Å². The normalized spacial score (nSPS) is 19.8. The number of likely N-dealkylation sites (tertiary alicyclic amines) is 1. The van der Waals surface area contributed by atoms with E-state index in [4.69, 9.17) is 20.4 Å². The molecule has 5 aromatic rings. The number of hydrogen-bond acceptors (Lipinski definition) is 8. The molecule has 44 heavy (non-hydrogen) atoms. The molecule has 0 radical (unpaired) electrons. The van der Waals surface area contributed by atoms with Gasteiger partial charge in [0.15, 0.2) is 17.3 Å². The summed E-state index contributed by atoms with van der Waals surface area (Å²) in [6.07, 6.45) is 10.4. The van der Waals surface area contributed by atoms with Gasteiger partial charge in [0.1, 0.15) is 11.3 Å². The van der Waals surface area contributed by atoms with Gasteiger partial charge in [-0.05, 0) is 85.4 Å². The van der Waals surface area contributed by atoms with Gasteiger partial charge in [-0.2, -0.15) is 5.10 Å². The average Bonchev–Trinajstić information content (AvgIpc) is 3.80. The molecule has 1 aliphatic heterocycles. The van der Waals surface area contributed by atoms with Gasteiger partial charge in [0.25, 0.3) is 0 Å². The lowest BCUT2D eigenvalue weighted by atomic mass is 9.95. The van der Waals surface area contributed by atoms with Crippen molar-refractivity contribution < 1.29 is 9.53 Å². The summed E-state index contributed by atoms with van der Waals surface area (Å²) in [7, 11) is 1.68. The summed E-state index contributed by atoms with van der Waals surface area (Å²) in [6, 6.07) is 16.7. The highest BCUT2D eigenvalue weighted by Crippen LogP contribution is 2.37. The number of benzene rings is 1. The van der Waals surface area contributed by atoms with Crippen LogP contribution in [-0.2, 0) is 16.0 Å². The fourth-order valence-corrected chi connectivity index (χ4v) is 6.67. The minimum atomic E-state index is -0.0325. The molecule has 1 amide bonds. The van der Waals surface area contributed by atoms with Gasteiger partial charge < -0.3 is 20.7 Å². The molecule has 11 heteroatoms. The summed E-state index contributed by atoms with van der Waals surface area (Å²) in [5.41, 5.74) is 12.1. The Kier molecular flexibility index (Phi) is 7.41. The quantitative estimate of drug-likeness (QED) is 0.260. The van der Waals surface area contributed by atoms with Gasteiger partial charge in [0, 0.05) is 50.0 Å². The number of nitrogen functional groups attached to an aromatic ring is 1. The molecule has 11 nitrogen and oxygen atoms in total. The van der Waals surface area contributed by atoms with E-state index in [2.05, 4.69) is 44.7 Å². The summed E-state index contributed by atoms with van der Waals surface area (Å²) in [5.74, 6) is 1.77. The molecule has 1 unspecified atom stereocenters. The van der Waals surface area contributed by atoms with E-state index >= 15 is 0 Å². The third-order valence-corrected chi connectivity index (χ3v) is 8.74. The van der Waals surface area contributed by atoms with Gasteiger partial charge in [-0.25, -0.2) is 19.6 Å². The first-order valence-electron chi connectivity index (χ1n) is 15.0. The second-order valence-electron chi connectivity index (χ2n) is 11.4. The number of methoxy groups -OCH3 is 1. The number of carbonyl (C=O) groups is 1. The number of nitrogens with two attached hydrogens (primary N) is 1. The van der Waals surface area contributed by atoms with Crippen molar-refractivity contribution in [3.8, 4) is 22.9 Å². The van der Waals surface area contributed by atoms with Crippen molar-refractivity contribution in [1.82, 2.24) is 39.5 Å². The highest BCUT2D eigenvalue weighted by atomic mass is 16.5. The number of aromatic nitrogens is 6. The Balaban J connectivity index is 1.22. The maximum Gasteiger partial charge on any atom is 0.246 e. The van der Waals surface area contributed by atoms with Gasteiger partial charge in [0.05, 0.1) is 18.2 Å². The smallest absolute Gasteiger partial charge is 0.246 e. The molecule has 0 bridgehead atoms. The molecule has 2 aliphatic rings. The molecular formula is C33H35N9O2. The van der Waals surface area contributed by atoms with Gasteiger partial charge in [-0.3, -0.25) is 9.36 Å². The zero-order valence-electron chi connectivity index (χ0n) is 24.6. The van der Waals surface area contributed by atoms with Crippen molar-refractivity contribution in [2.75, 3.05) is 26.0 Å². The fourth-order valence-electron chi connectivity index (χ4n) is 6.67. The molecular weight excluding hydrogens is 554 g/mol. The predicted molar refractivity (Wildman–Crippen MR) is 168 cm³/mol. The van der Waals surface area contributed by atoms with Crippen LogP contribution in [0.5, 0.6) is 0 Å². The first-order valence-corrected chi connectivity index (χ1v) is 15.0. The maximum absolute atomic E-state index is 12.4. The number of aryl methyl sites for hydroxylation is 1. The van der Waals surface area contributed by atoms with E-state index in [1.807, 2.05) is 41.4 Å². The third-order valence-electron chi connectivity index (χ3n) is 8.74. The molecule has 0 saturated carbocycles. The van der Waals surface area contributed by atoms with Crippen LogP contribution in [0, 0.1) is 0 Å². The molecule has 1 saturated heterocycles. The van der Waals surface area contributed by atoms with Gasteiger partial charge in [-0.15, -0.1) is 0 Å². The van der Waals surface area contributed by atoms with Crippen LogP contribution in [-0.4, -0.2) is 72.5 Å². The van der Waals surface area contributed by atoms with E-state index in [1.165, 1.54) is 17.2 Å². The number of ether oxygens (including phenoxy) is 1. The fraction of sp³-hybridized carbons (Fsp3) is 0.303. The van der Waals surface area contributed by atoms with Crippen molar-refractivity contribution in [3.63, 3.8) is 0 Å². The number of imidazole rings is 1. The largest absolute Gasteiger partial charge is 0.383 e. The van der Waals surface area contributed by atoms with Crippen molar-refractivity contribution in [2.45, 2.75) is 43.8 Å². The number of anilines is 1. The molecule has 1 aromatic carbocycles. The number of fused-ring (bicyclic) bond motifs is 2. The monoisotopic (exact) mass is 589 g/mol. The first-order chi connectivity index (χ1) is 21.5. The van der Waals surface area contributed by atoms with Gasteiger partial charge in [-0.1, -0.05) is 12.6 Å². The molecule has 4 aromatic heterocycles. The lowest BCUT2D eigenvalue weighted by Gasteiger charge is -2.40. The van der Waals surface area contributed by atoms with E-state index in [-0.39, 0.29) is 18.0 Å². The topological polar surface area (TPSA) is 129 Å². The van der Waals surface area contributed by atoms with Crippen LogP contribution >= 0.6 is 0 Å². The average molecular weight is 590 g/mol. The molecule has 1 aliphatic carbocycles. The number of amides is 1. The Morgan fingerprint density at radius 3 is 2.86 bits per heavy atom. The molecule has 0 spiro atoms. The van der Waals surface area contributed by atoms with Gasteiger partial charge >= 0.3 is 0 Å². The SMILES string of the molecule is C=CC(=O)N1CCC(N[C@H]2CCc3cc(-n4c(-c5cccnc5N)nc5ccc(-n6cccn6)nc54)ccc32)C[C@H]1COC. The van der Waals surface area contributed by atoms with E-state index in [0.29, 0.717) is 42.3 Å². The molecule has 3 N–H and O–H groups in total. The molecule has 224 valence electrons. The van der Waals surface area contributed by atoms with E-state index in [9.17, 15) is 4.79 Å². The van der Waals surface area contributed by atoms with Crippen molar-refractivity contribution >= 4 is 22.9 Å². The molecule has 1 fully saturated rings. The Morgan fingerprint density at radius 2 is 2.07 bits per heavy atom. The van der Waals surface area contributed by atoms with Crippen molar-refractivity contribution in [3.05, 3.63) is 90.9 Å². The van der Waals surface area contributed by atoms with E-state index < -0.39 is 0 Å². The van der Waals surface area contributed by atoms with Crippen LogP contribution in [0.2, 0.25) is 0 Å². The van der Waals surface area contributed by atoms with E-state index in [1.54, 1.807) is 24.2 Å². The lowest BCUT2D eigenvalue weighted by Crippen LogP contribution is -2.52. The summed E-state index contributed by atoms with van der Waals surface area (Å²) in [5, 5.41) is 8.27. The minimum absolute atomic E-state index is 0.0325. The van der Waals surface area contributed by atoms with E-state index in [0.717, 1.165) is 42.5 Å². The second-order valence-corrected chi connectivity index (χ2v) is 11.4. The zero-order chi connectivity index (χ0) is 30.2. The summed E-state index contributed by atoms with van der Waals surface area (Å²) in [4.78, 5) is 28.6. The van der Waals surface area contributed by atoms with Crippen LogP contribution < -0.4 is 11.1 Å². The Labute approximate surface area is 255 Å². The maximum atomic E-state index is 12.4. The summed E-state index contributed by atoms with van der Waals surface area (Å²) >= 11 is 0. The highest BCUT2D eigenvalue weighted by molar-refractivity contribution is 5.87. The predicted octanol–water partition coefficient (Wildman–Crippen LogP) is 4.02. The standard InChI is InChI=1S/C33H35N9O2/c1-3-30(43)40-17-13-22(19-24(40)20-44-2)37-27-10-7-21-18-23(8-9-25(21)27)42-32(26-6-4-14-35-31(26)34)38-28-11-12-29(39-33(28)42)41-16-5-15-36-41/h3-6,8-9,11-12,14-16,18,22,24,27,37H,1,7,10,13,17,19-20H2,2H3,(H2,34,35)/t22?,24-,27-/m0/s1. The van der Waals surface area contributed by atoms with Crippen molar-refractivity contribution in [1.29, 1.82) is 0 Å². The summed E-state index contributed by atoms with van der Waals surface area (Å²) in [6.45, 7) is 4.88. The number of piperidine rings is 1. The Hall–Kier alpha value is -4.87. The number of nitrogens with zero attached hydrogens (tertiary/aromatic N) is 7. The van der Waals surface area contributed by atoms with Crippen LogP contribution in [0.4, 0.5) is 5.82 Å². The molecule has 3 atom stereocenters. The second kappa shape index (κ2) is 11.7. The third kappa shape index (κ3) is 5.03. The van der Waals surface area contributed by atoms with Crippen LogP contribution in [0.25, 0.3) is 34.1 Å². The van der Waals surface area contributed by atoms with Crippen LogP contribution in [0.3, 0.4) is 0 Å². The number of rotatable bonds is 8. The zero-order valence-corrected chi connectivity index (χ0v) is 24.6. The Morgan fingerprint density at radius 1 is 1.16 bits per heavy atom. The minimum Gasteiger partial charge on any atom is -0.383 e. The summed E-state index contributed by atoms with van der Waals surface area (Å²) < 4.78 is 9.26. The Bertz CT molecular complexity index is 1830. The first kappa shape index (κ1) is 27.9. The number of nitrogens with one attached hydrogen (secondary N) is 1. The van der Waals surface area contributed by atoms with Gasteiger partial charge in [0.2, 0.25) is 5.91 Å². The highest BCUT2D eigenvalue weighted by Gasteiger charge is 2.33. The number of hydrogen-bond donors (Lipinski definition) is 2. The number of carbonyl (C=O) groups excluding carboxylic acids is 1.